The van der Waals surface area contributed by atoms with Gasteiger partial charge in [0.1, 0.15) is 5.70 Å². The molecule has 2 aromatic carbocycles. The lowest BCUT2D eigenvalue weighted by Gasteiger charge is -2.18. The summed E-state index contributed by atoms with van der Waals surface area (Å²) in [6.07, 6.45) is 0.695. The van der Waals surface area contributed by atoms with Crippen LogP contribution in [0.3, 0.4) is 0 Å². The van der Waals surface area contributed by atoms with E-state index in [0.29, 0.717) is 18.5 Å². The van der Waals surface area contributed by atoms with Crippen molar-refractivity contribution in [2.75, 3.05) is 6.54 Å². The van der Waals surface area contributed by atoms with Gasteiger partial charge < -0.3 is 10.4 Å². The Morgan fingerprint density at radius 3 is 2.18 bits per heavy atom. The fourth-order valence-electron chi connectivity index (χ4n) is 2.51. The van der Waals surface area contributed by atoms with Gasteiger partial charge in [-0.05, 0) is 12.0 Å². The monoisotopic (exact) mass is 293 g/mol. The molecule has 0 radical (unpaired) electrons. The molecule has 0 saturated carbocycles. The van der Waals surface area contributed by atoms with Crippen molar-refractivity contribution in [3.8, 4) is 0 Å². The first-order chi connectivity index (χ1) is 10.7. The maximum absolute atomic E-state index is 12.1. The predicted molar refractivity (Wildman–Crippen MR) is 83.5 cm³/mol. The number of aliphatic hydroxyl groups excluding tert-OH is 1. The van der Waals surface area contributed by atoms with Crippen LogP contribution in [0.5, 0.6) is 0 Å². The van der Waals surface area contributed by atoms with E-state index in [1.807, 2.05) is 30.3 Å². The van der Waals surface area contributed by atoms with Crippen molar-refractivity contribution in [3.63, 3.8) is 0 Å². The first-order valence-electron chi connectivity index (χ1n) is 7.08. The fourth-order valence-corrected chi connectivity index (χ4v) is 2.51. The number of aliphatic hydroxyl groups is 1. The minimum Gasteiger partial charge on any atom is -0.505 e. The van der Waals surface area contributed by atoms with Gasteiger partial charge >= 0.3 is 0 Å². The minimum atomic E-state index is -0.690. The Balaban J connectivity index is 1.81. The van der Waals surface area contributed by atoms with Gasteiger partial charge in [0.05, 0.1) is 0 Å². The van der Waals surface area contributed by atoms with Crippen molar-refractivity contribution >= 4 is 17.3 Å². The van der Waals surface area contributed by atoms with Crippen molar-refractivity contribution in [2.45, 2.75) is 6.42 Å². The number of nitrogens with one attached hydrogen (secondary N) is 1. The Morgan fingerprint density at radius 1 is 0.818 bits per heavy atom. The molecule has 110 valence electrons. The number of benzene rings is 2. The van der Waals surface area contributed by atoms with Gasteiger partial charge in [-0.25, -0.2) is 0 Å². The molecule has 0 fully saturated rings. The molecule has 22 heavy (non-hydrogen) atoms. The third-order valence-electron chi connectivity index (χ3n) is 3.66. The van der Waals surface area contributed by atoms with E-state index in [9.17, 15) is 14.7 Å². The number of ketones is 2. The van der Waals surface area contributed by atoms with Crippen LogP contribution in [0.15, 0.2) is 60.3 Å². The van der Waals surface area contributed by atoms with Gasteiger partial charge in [0.25, 0.3) is 5.78 Å². The average molecular weight is 293 g/mol. The largest absolute Gasteiger partial charge is 0.505 e. The molecule has 3 rings (SSSR count). The molecule has 0 bridgehead atoms. The zero-order valence-electron chi connectivity index (χ0n) is 11.9. The van der Waals surface area contributed by atoms with Gasteiger partial charge in [0.2, 0.25) is 5.78 Å². The molecule has 0 atom stereocenters. The van der Waals surface area contributed by atoms with Crippen LogP contribution in [0.4, 0.5) is 0 Å². The van der Waals surface area contributed by atoms with Crippen molar-refractivity contribution in [1.29, 1.82) is 0 Å². The third-order valence-corrected chi connectivity index (χ3v) is 3.66. The number of hydrogen-bond donors (Lipinski definition) is 2. The number of carbonyl (C=O) groups excluding carboxylic acids is 2. The topological polar surface area (TPSA) is 66.4 Å². The van der Waals surface area contributed by atoms with E-state index in [-0.39, 0.29) is 17.0 Å². The van der Waals surface area contributed by atoms with Crippen LogP contribution in [0.1, 0.15) is 21.5 Å². The number of fused-ring (bicyclic) bond motifs is 1. The van der Waals surface area contributed by atoms with Crippen LogP contribution in [-0.2, 0) is 11.2 Å². The summed E-state index contributed by atoms with van der Waals surface area (Å²) in [6.45, 7) is 0.463. The Hall–Kier alpha value is -2.88. The second-order valence-electron chi connectivity index (χ2n) is 5.09. The van der Waals surface area contributed by atoms with Crippen LogP contribution in [0.25, 0.3) is 5.76 Å². The molecule has 1 aliphatic carbocycles. The Morgan fingerprint density at radius 2 is 1.45 bits per heavy atom. The van der Waals surface area contributed by atoms with Crippen LogP contribution in [-0.4, -0.2) is 23.2 Å². The molecule has 0 amide bonds. The number of Topliss-reactive ketones (excluding diaryl/α,β-unsaturated/α-hetero) is 2. The van der Waals surface area contributed by atoms with Crippen LogP contribution in [0.2, 0.25) is 0 Å². The average Bonchev–Trinajstić information content (AvgIpc) is 2.57. The van der Waals surface area contributed by atoms with Gasteiger partial charge in [-0.3, -0.25) is 9.59 Å². The van der Waals surface area contributed by atoms with Gasteiger partial charge in [-0.15, -0.1) is 0 Å². The van der Waals surface area contributed by atoms with Crippen LogP contribution < -0.4 is 5.32 Å². The maximum Gasteiger partial charge on any atom is 0.253 e. The summed E-state index contributed by atoms with van der Waals surface area (Å²) in [5.41, 5.74) is 1.75. The first kappa shape index (κ1) is 14.1. The Kier molecular flexibility index (Phi) is 3.74. The lowest BCUT2D eigenvalue weighted by Crippen LogP contribution is -2.33. The Labute approximate surface area is 128 Å². The molecular formula is C18H15NO3. The molecule has 0 aromatic heterocycles. The lowest BCUT2D eigenvalue weighted by molar-refractivity contribution is -0.112. The molecule has 4 heteroatoms. The summed E-state index contributed by atoms with van der Waals surface area (Å²) in [7, 11) is 0. The highest BCUT2D eigenvalue weighted by atomic mass is 16.3. The highest BCUT2D eigenvalue weighted by molar-refractivity contribution is 6.52. The standard InChI is InChI=1S/C18H15NO3/c20-16-13-8-4-5-9-14(13)17(21)18(22)15(16)19-11-10-12-6-2-1-3-7-12/h1-9,19-20H,10-11H2. The minimum absolute atomic E-state index is 0.0142. The van der Waals surface area contributed by atoms with Gasteiger partial charge in [-0.2, -0.15) is 0 Å². The van der Waals surface area contributed by atoms with E-state index in [0.717, 1.165) is 5.56 Å². The second kappa shape index (κ2) is 5.85. The van der Waals surface area contributed by atoms with Gasteiger partial charge in [0.15, 0.2) is 5.76 Å². The number of allylic oxidation sites excluding steroid dienone is 1. The molecule has 4 nitrogen and oxygen atoms in total. The molecular weight excluding hydrogens is 278 g/mol. The molecule has 0 saturated heterocycles. The molecule has 0 spiro atoms. The maximum atomic E-state index is 12.1. The SMILES string of the molecule is O=C1C(=O)c2ccccc2C(O)=C1NCCc1ccccc1. The first-order valence-corrected chi connectivity index (χ1v) is 7.08. The van der Waals surface area contributed by atoms with Gasteiger partial charge in [-0.1, -0.05) is 54.6 Å². The van der Waals surface area contributed by atoms with E-state index in [1.54, 1.807) is 24.3 Å². The van der Waals surface area contributed by atoms with Crippen molar-refractivity contribution in [2.24, 2.45) is 0 Å². The molecule has 2 aromatic rings. The molecule has 0 heterocycles. The van der Waals surface area contributed by atoms with E-state index >= 15 is 0 Å². The van der Waals surface area contributed by atoms with Crippen molar-refractivity contribution < 1.29 is 14.7 Å². The summed E-state index contributed by atoms with van der Waals surface area (Å²) in [6, 6.07) is 16.4. The number of rotatable bonds is 4. The van der Waals surface area contributed by atoms with Crippen molar-refractivity contribution in [3.05, 3.63) is 77.0 Å². The molecule has 0 aliphatic heterocycles. The van der Waals surface area contributed by atoms with Gasteiger partial charge in [0, 0.05) is 17.7 Å². The van der Waals surface area contributed by atoms with E-state index in [1.165, 1.54) is 0 Å². The van der Waals surface area contributed by atoms with Crippen molar-refractivity contribution in [1.82, 2.24) is 5.32 Å². The molecule has 1 aliphatic rings. The van der Waals surface area contributed by atoms with Crippen LogP contribution in [0, 0.1) is 0 Å². The zero-order chi connectivity index (χ0) is 15.5. The van der Waals surface area contributed by atoms with E-state index < -0.39 is 11.6 Å². The smallest absolute Gasteiger partial charge is 0.253 e. The fraction of sp³-hybridized carbons (Fsp3) is 0.111. The quantitative estimate of drug-likeness (QED) is 0.850. The molecule has 0 unspecified atom stereocenters. The highest BCUT2D eigenvalue weighted by Gasteiger charge is 2.32. The summed E-state index contributed by atoms with van der Waals surface area (Å²) < 4.78 is 0. The predicted octanol–water partition coefficient (Wildman–Crippen LogP) is 2.51. The normalized spacial score (nSPS) is 14.0. The zero-order valence-corrected chi connectivity index (χ0v) is 11.9. The summed E-state index contributed by atoms with van der Waals surface area (Å²) in [5, 5.41) is 13.2. The summed E-state index contributed by atoms with van der Waals surface area (Å²) in [4.78, 5) is 24.2. The third kappa shape index (κ3) is 2.51. The second-order valence-corrected chi connectivity index (χ2v) is 5.09. The highest BCUT2D eigenvalue weighted by Crippen LogP contribution is 2.26. The number of hydrogen-bond acceptors (Lipinski definition) is 4. The summed E-state index contributed by atoms with van der Waals surface area (Å²) >= 11 is 0. The van der Waals surface area contributed by atoms with E-state index in [4.69, 9.17) is 0 Å². The Bertz CT molecular complexity index is 763. The summed E-state index contributed by atoms with van der Waals surface area (Å²) in [5.74, 6) is -1.44. The lowest BCUT2D eigenvalue weighted by atomic mass is 9.91. The van der Waals surface area contributed by atoms with E-state index in [2.05, 4.69) is 5.32 Å². The van der Waals surface area contributed by atoms with Crippen LogP contribution >= 0.6 is 0 Å². The molecule has 2 N–H and O–H groups in total. The number of carbonyl (C=O) groups is 2.